The second-order valence-electron chi connectivity index (χ2n) is 6.35. The minimum Gasteiger partial charge on any atom is -0.488 e. The van der Waals surface area contributed by atoms with Gasteiger partial charge in [-0.15, -0.1) is 0 Å². The predicted molar refractivity (Wildman–Crippen MR) is 83.3 cm³/mol. The number of halogens is 1. The van der Waals surface area contributed by atoms with Gasteiger partial charge in [0.05, 0.1) is 6.10 Å². The van der Waals surface area contributed by atoms with Gasteiger partial charge in [0.2, 0.25) is 0 Å². The third kappa shape index (κ3) is 6.30. The standard InChI is InChI=1S/C16H25FN2O3/c1-10(2)21-14-7-6-11(8-12(14)17)13(18)9-19-15(20)22-16(3,4)5/h6-8,10,13H,9,18H2,1-5H3,(H,19,20). The Balaban J connectivity index is 2.61. The summed E-state index contributed by atoms with van der Waals surface area (Å²) in [6.45, 7) is 9.12. The molecule has 0 aliphatic carbocycles. The van der Waals surface area contributed by atoms with Crippen molar-refractivity contribution in [3.05, 3.63) is 29.6 Å². The van der Waals surface area contributed by atoms with Gasteiger partial charge in [0.15, 0.2) is 11.6 Å². The van der Waals surface area contributed by atoms with Gasteiger partial charge in [-0.05, 0) is 52.3 Å². The fourth-order valence-corrected chi connectivity index (χ4v) is 1.72. The lowest BCUT2D eigenvalue weighted by atomic mass is 10.1. The molecule has 5 nitrogen and oxygen atoms in total. The van der Waals surface area contributed by atoms with Crippen molar-refractivity contribution < 1.29 is 18.7 Å². The summed E-state index contributed by atoms with van der Waals surface area (Å²) in [5, 5.41) is 2.56. The number of ether oxygens (including phenoxy) is 2. The lowest BCUT2D eigenvalue weighted by Crippen LogP contribution is -2.36. The molecule has 1 amide bonds. The summed E-state index contributed by atoms with van der Waals surface area (Å²) in [6, 6.07) is 4.01. The average Bonchev–Trinajstić information content (AvgIpc) is 2.36. The molecule has 0 aromatic heterocycles. The molecule has 3 N–H and O–H groups in total. The summed E-state index contributed by atoms with van der Waals surface area (Å²) in [6.07, 6.45) is -0.661. The van der Waals surface area contributed by atoms with Gasteiger partial charge < -0.3 is 20.5 Å². The number of nitrogens with two attached hydrogens (primary N) is 1. The van der Waals surface area contributed by atoms with Crippen molar-refractivity contribution >= 4 is 6.09 Å². The highest BCUT2D eigenvalue weighted by Gasteiger charge is 2.17. The highest BCUT2D eigenvalue weighted by Crippen LogP contribution is 2.22. The molecule has 1 aromatic carbocycles. The fourth-order valence-electron chi connectivity index (χ4n) is 1.72. The first-order valence-corrected chi connectivity index (χ1v) is 7.27. The Morgan fingerprint density at radius 2 is 2.00 bits per heavy atom. The van der Waals surface area contributed by atoms with Crippen LogP contribution >= 0.6 is 0 Å². The molecule has 1 atom stereocenters. The van der Waals surface area contributed by atoms with E-state index in [1.807, 2.05) is 13.8 Å². The molecule has 0 spiro atoms. The Hall–Kier alpha value is -1.82. The molecule has 0 aliphatic rings. The molecule has 0 heterocycles. The van der Waals surface area contributed by atoms with Gasteiger partial charge in [-0.1, -0.05) is 6.07 Å². The first-order chi connectivity index (χ1) is 10.1. The van der Waals surface area contributed by atoms with Crippen molar-refractivity contribution in [3.63, 3.8) is 0 Å². The van der Waals surface area contributed by atoms with Crippen molar-refractivity contribution in [1.29, 1.82) is 0 Å². The van der Waals surface area contributed by atoms with Crippen molar-refractivity contribution in [3.8, 4) is 5.75 Å². The van der Waals surface area contributed by atoms with Gasteiger partial charge in [0, 0.05) is 12.6 Å². The highest BCUT2D eigenvalue weighted by atomic mass is 19.1. The van der Waals surface area contributed by atoms with Crippen LogP contribution in [0, 0.1) is 5.82 Å². The van der Waals surface area contributed by atoms with Crippen LogP contribution in [-0.2, 0) is 4.74 Å². The number of amides is 1. The number of carbonyl (C=O) groups excluding carboxylic acids is 1. The van der Waals surface area contributed by atoms with Crippen LogP contribution in [0.1, 0.15) is 46.2 Å². The van der Waals surface area contributed by atoms with E-state index in [1.54, 1.807) is 26.8 Å². The Morgan fingerprint density at radius 1 is 1.36 bits per heavy atom. The SMILES string of the molecule is CC(C)Oc1ccc(C(N)CNC(=O)OC(C)(C)C)cc1F. The van der Waals surface area contributed by atoms with Crippen LogP contribution < -0.4 is 15.8 Å². The maximum atomic E-state index is 13.9. The minimum absolute atomic E-state index is 0.108. The third-order valence-corrected chi connectivity index (χ3v) is 2.61. The summed E-state index contributed by atoms with van der Waals surface area (Å²) in [4.78, 5) is 11.6. The normalized spacial score (nSPS) is 12.9. The molecule has 1 unspecified atom stereocenters. The first kappa shape index (κ1) is 18.2. The molecule has 0 aliphatic heterocycles. The highest BCUT2D eigenvalue weighted by molar-refractivity contribution is 5.67. The van der Waals surface area contributed by atoms with Gasteiger partial charge in [-0.25, -0.2) is 9.18 Å². The Labute approximate surface area is 131 Å². The summed E-state index contributed by atoms with van der Waals surface area (Å²) in [7, 11) is 0. The summed E-state index contributed by atoms with van der Waals surface area (Å²) in [5.74, 6) is -0.287. The summed E-state index contributed by atoms with van der Waals surface area (Å²) < 4.78 is 24.3. The minimum atomic E-state index is -0.573. The fraction of sp³-hybridized carbons (Fsp3) is 0.562. The van der Waals surface area contributed by atoms with Crippen molar-refractivity contribution in [1.82, 2.24) is 5.32 Å². The molecule has 0 saturated heterocycles. The molecular formula is C16H25FN2O3. The van der Waals surface area contributed by atoms with Gasteiger partial charge >= 0.3 is 6.09 Å². The second kappa shape index (κ2) is 7.45. The molecule has 124 valence electrons. The smallest absolute Gasteiger partial charge is 0.407 e. The lowest BCUT2D eigenvalue weighted by Gasteiger charge is -2.21. The third-order valence-electron chi connectivity index (χ3n) is 2.61. The summed E-state index contributed by atoms with van der Waals surface area (Å²) in [5.41, 5.74) is 5.95. The van der Waals surface area contributed by atoms with Crippen LogP contribution in [0.4, 0.5) is 9.18 Å². The quantitative estimate of drug-likeness (QED) is 0.876. The van der Waals surface area contributed by atoms with Crippen LogP contribution in [0.3, 0.4) is 0 Å². The van der Waals surface area contributed by atoms with E-state index in [0.29, 0.717) is 5.56 Å². The van der Waals surface area contributed by atoms with Gasteiger partial charge in [-0.2, -0.15) is 0 Å². The topological polar surface area (TPSA) is 73.6 Å². The average molecular weight is 312 g/mol. The van der Waals surface area contributed by atoms with Crippen LogP contribution in [-0.4, -0.2) is 24.3 Å². The van der Waals surface area contributed by atoms with Crippen molar-refractivity contribution in [2.24, 2.45) is 5.73 Å². The van der Waals surface area contributed by atoms with Crippen molar-refractivity contribution in [2.75, 3.05) is 6.54 Å². The number of hydrogen-bond donors (Lipinski definition) is 2. The van der Waals surface area contributed by atoms with E-state index >= 15 is 0 Å². The molecular weight excluding hydrogens is 287 g/mol. The van der Waals surface area contributed by atoms with E-state index in [2.05, 4.69) is 5.32 Å². The maximum Gasteiger partial charge on any atom is 0.407 e. The number of nitrogens with one attached hydrogen (secondary N) is 1. The van der Waals surface area contributed by atoms with E-state index in [-0.39, 0.29) is 18.4 Å². The molecule has 0 radical (unpaired) electrons. The van der Waals surface area contributed by atoms with Crippen LogP contribution in [0.5, 0.6) is 5.75 Å². The van der Waals surface area contributed by atoms with E-state index in [1.165, 1.54) is 12.1 Å². The van der Waals surface area contributed by atoms with E-state index in [4.69, 9.17) is 15.2 Å². The van der Waals surface area contributed by atoms with Gasteiger partial charge in [0.25, 0.3) is 0 Å². The van der Waals surface area contributed by atoms with E-state index in [9.17, 15) is 9.18 Å². The monoisotopic (exact) mass is 312 g/mol. The van der Waals surface area contributed by atoms with Gasteiger partial charge in [-0.3, -0.25) is 0 Å². The zero-order valence-corrected chi connectivity index (χ0v) is 13.8. The maximum absolute atomic E-state index is 13.9. The predicted octanol–water partition coefficient (Wildman–Crippen LogP) is 3.14. The Kier molecular flexibility index (Phi) is 6.17. The zero-order valence-electron chi connectivity index (χ0n) is 13.8. The lowest BCUT2D eigenvalue weighted by molar-refractivity contribution is 0.0524. The van der Waals surface area contributed by atoms with E-state index < -0.39 is 23.6 Å². The molecule has 22 heavy (non-hydrogen) atoms. The Bertz CT molecular complexity index is 513. The summed E-state index contributed by atoms with van der Waals surface area (Å²) >= 11 is 0. The molecule has 1 aromatic rings. The molecule has 1 rings (SSSR count). The molecule has 0 bridgehead atoms. The number of carbonyl (C=O) groups is 1. The number of alkyl carbamates (subject to hydrolysis) is 1. The number of hydrogen-bond acceptors (Lipinski definition) is 4. The molecule has 6 heteroatoms. The van der Waals surface area contributed by atoms with Crippen LogP contribution in [0.2, 0.25) is 0 Å². The van der Waals surface area contributed by atoms with E-state index in [0.717, 1.165) is 0 Å². The second-order valence-corrected chi connectivity index (χ2v) is 6.35. The van der Waals surface area contributed by atoms with Crippen molar-refractivity contribution in [2.45, 2.75) is 52.4 Å². The number of rotatable bonds is 5. The zero-order chi connectivity index (χ0) is 16.9. The molecule has 0 fully saturated rings. The largest absolute Gasteiger partial charge is 0.488 e. The van der Waals surface area contributed by atoms with Crippen LogP contribution in [0.15, 0.2) is 18.2 Å². The van der Waals surface area contributed by atoms with Crippen LogP contribution in [0.25, 0.3) is 0 Å². The van der Waals surface area contributed by atoms with Gasteiger partial charge in [0.1, 0.15) is 5.60 Å². The number of benzene rings is 1. The Morgan fingerprint density at radius 3 is 2.50 bits per heavy atom. The molecule has 0 saturated carbocycles. The first-order valence-electron chi connectivity index (χ1n) is 7.27.